The van der Waals surface area contributed by atoms with E-state index in [-0.39, 0.29) is 16.4 Å². The summed E-state index contributed by atoms with van der Waals surface area (Å²) < 4.78 is 28.9. The van der Waals surface area contributed by atoms with E-state index in [2.05, 4.69) is 29.2 Å². The number of hydrogen-bond donors (Lipinski definition) is 1. The second kappa shape index (κ2) is 11.2. The molecule has 0 radical (unpaired) electrons. The first kappa shape index (κ1) is 28.7. The first-order valence-corrected chi connectivity index (χ1v) is 15.6. The average Bonchev–Trinajstić information content (AvgIpc) is 3.50. The number of anilines is 2. The van der Waals surface area contributed by atoms with E-state index in [0.717, 1.165) is 28.4 Å². The molecular weight excluding hydrogens is 558 g/mol. The molecule has 4 aromatic rings. The van der Waals surface area contributed by atoms with Gasteiger partial charge >= 0.3 is 0 Å². The van der Waals surface area contributed by atoms with Gasteiger partial charge in [0.05, 0.1) is 21.8 Å². The average molecular weight is 592 g/mol. The Morgan fingerprint density at radius 3 is 2.34 bits per heavy atom. The van der Waals surface area contributed by atoms with E-state index in [1.165, 1.54) is 51.6 Å². The number of amides is 1. The molecule has 2 aromatic carbocycles. The normalized spacial score (nSPS) is 13.7. The zero-order valence-electron chi connectivity index (χ0n) is 23.7. The third-order valence-corrected chi connectivity index (χ3v) is 10.3. The number of carbonyl (C=O) groups excluding carboxylic acids is 2. The number of aromatic nitrogens is 2. The molecule has 1 N–H and O–H groups in total. The molecule has 0 fully saturated rings. The maximum absolute atomic E-state index is 13.8. The molecule has 11 heteroatoms. The van der Waals surface area contributed by atoms with Crippen molar-refractivity contribution in [1.82, 2.24) is 14.7 Å². The third-order valence-electron chi connectivity index (χ3n) is 7.35. The van der Waals surface area contributed by atoms with E-state index < -0.39 is 15.9 Å². The summed E-state index contributed by atoms with van der Waals surface area (Å²) in [4.78, 5) is 30.6. The summed E-state index contributed by atoms with van der Waals surface area (Å²) >= 11 is 1.41. The number of rotatable bonds is 7. The first-order chi connectivity index (χ1) is 19.5. The summed E-state index contributed by atoms with van der Waals surface area (Å²) in [6.45, 7) is 9.48. The number of thiophene rings is 1. The van der Waals surface area contributed by atoms with E-state index in [4.69, 9.17) is 0 Å². The number of nitrogens with one attached hydrogen (secondary N) is 1. The highest BCUT2D eigenvalue weighted by Gasteiger charge is 2.31. The molecule has 0 saturated carbocycles. The predicted octanol–water partition coefficient (Wildman–Crippen LogP) is 5.09. The van der Waals surface area contributed by atoms with Gasteiger partial charge in [0.2, 0.25) is 0 Å². The Bertz CT molecular complexity index is 1710. The van der Waals surface area contributed by atoms with Crippen molar-refractivity contribution in [2.75, 3.05) is 23.2 Å². The van der Waals surface area contributed by atoms with Crippen LogP contribution in [-0.4, -0.2) is 54.5 Å². The van der Waals surface area contributed by atoms with Crippen LogP contribution in [0.2, 0.25) is 0 Å². The molecule has 0 aliphatic carbocycles. The molecule has 214 valence electrons. The number of aryl methyl sites for hydroxylation is 2. The predicted molar refractivity (Wildman–Crippen MR) is 161 cm³/mol. The van der Waals surface area contributed by atoms with Crippen LogP contribution >= 0.6 is 11.3 Å². The van der Waals surface area contributed by atoms with Gasteiger partial charge in [-0.3, -0.25) is 18.8 Å². The number of benzene rings is 2. The van der Waals surface area contributed by atoms with Crippen molar-refractivity contribution < 1.29 is 18.0 Å². The molecule has 1 aliphatic heterocycles. The van der Waals surface area contributed by atoms with Crippen LogP contribution in [-0.2, 0) is 23.0 Å². The Kier molecular flexibility index (Phi) is 7.87. The summed E-state index contributed by atoms with van der Waals surface area (Å²) in [5, 5.41) is 7.82. The Morgan fingerprint density at radius 1 is 1.05 bits per heavy atom. The second-order valence-corrected chi connectivity index (χ2v) is 13.5. The number of hydrogen-bond acceptors (Lipinski definition) is 7. The molecule has 2 aromatic heterocycles. The van der Waals surface area contributed by atoms with Gasteiger partial charge in [-0.15, -0.1) is 11.3 Å². The summed E-state index contributed by atoms with van der Waals surface area (Å²) in [6.07, 6.45) is 0.696. The Balaban J connectivity index is 1.44. The highest BCUT2D eigenvalue weighted by molar-refractivity contribution is 7.92. The van der Waals surface area contributed by atoms with Crippen LogP contribution in [0.15, 0.2) is 65.6 Å². The minimum atomic E-state index is -3.81. The van der Waals surface area contributed by atoms with Gasteiger partial charge in [-0.2, -0.15) is 5.10 Å². The van der Waals surface area contributed by atoms with Crippen molar-refractivity contribution in [3.05, 3.63) is 93.6 Å². The fourth-order valence-electron chi connectivity index (χ4n) is 5.01. The lowest BCUT2D eigenvalue weighted by molar-refractivity contribution is 0.0941. The number of nitrogens with zero attached hydrogens (tertiary/aromatic N) is 4. The number of carbonyl (C=O) groups is 2. The fraction of sp³-hybridized carbons (Fsp3) is 0.300. The molecule has 0 saturated heterocycles. The maximum atomic E-state index is 13.8. The lowest BCUT2D eigenvalue weighted by atomic mass is 10.0. The summed E-state index contributed by atoms with van der Waals surface area (Å²) in [5.74, 6) is -0.695. The van der Waals surface area contributed by atoms with E-state index in [1.54, 1.807) is 24.3 Å². The van der Waals surface area contributed by atoms with Gasteiger partial charge in [-0.1, -0.05) is 18.2 Å². The van der Waals surface area contributed by atoms with Gasteiger partial charge in [0.1, 0.15) is 5.00 Å². The smallest absolute Gasteiger partial charge is 0.281 e. The van der Waals surface area contributed by atoms with Crippen LogP contribution in [0, 0.1) is 13.8 Å². The fourth-order valence-corrected chi connectivity index (χ4v) is 7.46. The minimum Gasteiger partial charge on any atom is -0.313 e. The highest BCUT2D eigenvalue weighted by Crippen LogP contribution is 2.38. The molecule has 9 nitrogen and oxygen atoms in total. The molecule has 1 aliphatic rings. The molecule has 41 heavy (non-hydrogen) atoms. The lowest BCUT2D eigenvalue weighted by Gasteiger charge is -2.30. The molecule has 1 amide bonds. The molecule has 0 spiro atoms. The van der Waals surface area contributed by atoms with Gasteiger partial charge in [-0.05, 0) is 82.1 Å². The molecular formula is C30H33N5O4S2. The van der Waals surface area contributed by atoms with E-state index in [9.17, 15) is 18.0 Å². The van der Waals surface area contributed by atoms with Gasteiger partial charge in [0.15, 0.2) is 0 Å². The lowest BCUT2D eigenvalue weighted by Crippen LogP contribution is -2.35. The molecule has 3 heterocycles. The van der Waals surface area contributed by atoms with E-state index in [1.807, 2.05) is 26.0 Å². The van der Waals surface area contributed by atoms with Crippen molar-refractivity contribution in [1.29, 1.82) is 0 Å². The SMILES string of the molecule is Cc1cc(C)n(C(=O)c2c(NC(=O)c3ccc(S(=O)(=O)N(C)c4ccccc4)cc3)sc3c2CCN(C(C)C)C3)n1. The summed E-state index contributed by atoms with van der Waals surface area (Å²) in [6, 6.07) is 16.8. The van der Waals surface area contributed by atoms with Crippen molar-refractivity contribution in [2.24, 2.45) is 0 Å². The van der Waals surface area contributed by atoms with Crippen molar-refractivity contribution >= 4 is 43.9 Å². The maximum Gasteiger partial charge on any atom is 0.281 e. The van der Waals surface area contributed by atoms with Crippen LogP contribution < -0.4 is 9.62 Å². The Morgan fingerprint density at radius 2 is 1.73 bits per heavy atom. The number of sulfonamides is 1. The third kappa shape index (κ3) is 5.57. The van der Waals surface area contributed by atoms with Gasteiger partial charge in [0, 0.05) is 42.3 Å². The van der Waals surface area contributed by atoms with Crippen LogP contribution in [0.25, 0.3) is 0 Å². The van der Waals surface area contributed by atoms with Crippen molar-refractivity contribution in [3.8, 4) is 0 Å². The van der Waals surface area contributed by atoms with Crippen LogP contribution in [0.5, 0.6) is 0 Å². The monoisotopic (exact) mass is 591 g/mol. The van der Waals surface area contributed by atoms with Gasteiger partial charge < -0.3 is 5.32 Å². The Labute approximate surface area is 244 Å². The number of fused-ring (bicyclic) bond motifs is 1. The van der Waals surface area contributed by atoms with E-state index >= 15 is 0 Å². The van der Waals surface area contributed by atoms with Gasteiger partial charge in [0.25, 0.3) is 21.8 Å². The molecule has 0 atom stereocenters. The molecule has 0 unspecified atom stereocenters. The minimum absolute atomic E-state index is 0.0705. The van der Waals surface area contributed by atoms with Gasteiger partial charge in [-0.25, -0.2) is 13.1 Å². The topological polar surface area (TPSA) is 105 Å². The van der Waals surface area contributed by atoms with E-state index in [0.29, 0.717) is 35.3 Å². The largest absolute Gasteiger partial charge is 0.313 e. The first-order valence-electron chi connectivity index (χ1n) is 13.4. The van der Waals surface area contributed by atoms with Crippen LogP contribution in [0.1, 0.15) is 56.4 Å². The standard InChI is InChI=1S/C30H33N5O4S2/c1-19(2)34-16-15-25-26(18-34)40-29(27(25)30(37)35-21(4)17-20(3)32-35)31-28(36)22-11-13-24(14-12-22)41(38,39)33(5)23-9-7-6-8-10-23/h6-14,17,19H,15-16,18H2,1-5H3,(H,31,36). The Hall–Kier alpha value is -3.80. The second-order valence-electron chi connectivity index (χ2n) is 10.5. The quantitative estimate of drug-likeness (QED) is 0.321. The van der Waals surface area contributed by atoms with Crippen LogP contribution in [0.3, 0.4) is 0 Å². The summed E-state index contributed by atoms with van der Waals surface area (Å²) in [7, 11) is -2.32. The number of para-hydroxylation sites is 1. The zero-order valence-corrected chi connectivity index (χ0v) is 25.3. The molecule has 5 rings (SSSR count). The van der Waals surface area contributed by atoms with Crippen molar-refractivity contribution in [3.63, 3.8) is 0 Å². The van der Waals surface area contributed by atoms with Crippen molar-refractivity contribution in [2.45, 2.75) is 51.6 Å². The highest BCUT2D eigenvalue weighted by atomic mass is 32.2. The molecule has 0 bridgehead atoms. The zero-order chi connectivity index (χ0) is 29.5. The van der Waals surface area contributed by atoms with Crippen LogP contribution in [0.4, 0.5) is 10.7 Å². The summed E-state index contributed by atoms with van der Waals surface area (Å²) in [5.41, 5.74) is 3.70.